The second-order valence-corrected chi connectivity index (χ2v) is 6.22. The molecule has 0 aliphatic heterocycles. The van der Waals surface area contributed by atoms with Crippen molar-refractivity contribution >= 4 is 17.8 Å². The van der Waals surface area contributed by atoms with Crippen LogP contribution in [0.2, 0.25) is 0 Å². The number of ether oxygens (including phenoxy) is 2. The number of para-hydroxylation sites is 1. The van der Waals surface area contributed by atoms with Crippen molar-refractivity contribution in [2.75, 3.05) is 0 Å². The van der Waals surface area contributed by atoms with Gasteiger partial charge in [0.25, 0.3) is 11.8 Å². The Kier molecular flexibility index (Phi) is 6.83. The number of hydrogen-bond donors (Lipinski definition) is 2. The van der Waals surface area contributed by atoms with Crippen LogP contribution in [0.1, 0.15) is 33.6 Å². The first-order valence-electron chi connectivity index (χ1n) is 9.15. The number of nitrogens with one attached hydrogen (secondary N) is 2. The summed E-state index contributed by atoms with van der Waals surface area (Å²) in [6.07, 6.45) is -1.15. The second-order valence-electron chi connectivity index (χ2n) is 6.22. The fraction of sp³-hybridized carbons (Fsp3) is 0.136. The number of carbonyl (C=O) groups is 3. The van der Waals surface area contributed by atoms with Gasteiger partial charge in [-0.05, 0) is 43.3 Å². The first kappa shape index (κ1) is 20.7. The number of benzene rings is 2. The van der Waals surface area contributed by atoms with Gasteiger partial charge in [0.2, 0.25) is 5.76 Å². The van der Waals surface area contributed by atoms with Crippen LogP contribution in [0, 0.1) is 0 Å². The summed E-state index contributed by atoms with van der Waals surface area (Å²) in [7, 11) is 0. The highest BCUT2D eigenvalue weighted by Crippen LogP contribution is 2.15. The lowest BCUT2D eigenvalue weighted by molar-refractivity contribution is -0.129. The summed E-state index contributed by atoms with van der Waals surface area (Å²) < 4.78 is 16.0. The fourth-order valence-corrected chi connectivity index (χ4v) is 2.39. The lowest BCUT2D eigenvalue weighted by atomic mass is 10.2. The molecule has 2 N–H and O–H groups in total. The number of hydrazine groups is 1. The van der Waals surface area contributed by atoms with Gasteiger partial charge in [-0.3, -0.25) is 20.4 Å². The smallest absolute Gasteiger partial charge is 0.375 e. The van der Waals surface area contributed by atoms with Gasteiger partial charge in [0, 0.05) is 5.56 Å². The van der Waals surface area contributed by atoms with Crippen molar-refractivity contribution in [1.82, 2.24) is 10.9 Å². The highest BCUT2D eigenvalue weighted by molar-refractivity contribution is 5.96. The van der Waals surface area contributed by atoms with E-state index in [4.69, 9.17) is 13.9 Å². The monoisotopic (exact) mass is 408 g/mol. The topological polar surface area (TPSA) is 107 Å². The van der Waals surface area contributed by atoms with Crippen LogP contribution in [-0.4, -0.2) is 23.9 Å². The standard InChI is InChI=1S/C22H20N2O6/c1-15(20(25)23-24-21(26)16-8-4-2-5-9-16)29-22(27)19-13-12-18(30-19)14-28-17-10-6-3-7-11-17/h2-13,15H,14H2,1H3,(H,23,25)(H,24,26)/t15-/m0/s1. The first-order valence-corrected chi connectivity index (χ1v) is 9.15. The van der Waals surface area contributed by atoms with Crippen LogP contribution < -0.4 is 15.6 Å². The van der Waals surface area contributed by atoms with Gasteiger partial charge in [-0.15, -0.1) is 0 Å². The summed E-state index contributed by atoms with van der Waals surface area (Å²) in [6.45, 7) is 1.52. The molecule has 1 aromatic heterocycles. The molecule has 1 heterocycles. The summed E-state index contributed by atoms with van der Waals surface area (Å²) in [5, 5.41) is 0. The van der Waals surface area contributed by atoms with Crippen molar-refractivity contribution in [1.29, 1.82) is 0 Å². The molecule has 0 unspecified atom stereocenters. The van der Waals surface area contributed by atoms with E-state index in [1.165, 1.54) is 13.0 Å². The molecule has 2 aromatic carbocycles. The lowest BCUT2D eigenvalue weighted by Crippen LogP contribution is -2.46. The summed E-state index contributed by atoms with van der Waals surface area (Å²) in [6, 6.07) is 20.5. The minimum atomic E-state index is -1.15. The minimum absolute atomic E-state index is 0.0605. The van der Waals surface area contributed by atoms with E-state index in [-0.39, 0.29) is 12.4 Å². The Hall–Kier alpha value is -4.07. The molecule has 0 aliphatic carbocycles. The average Bonchev–Trinajstić information content (AvgIpc) is 3.26. The highest BCUT2D eigenvalue weighted by atomic mass is 16.6. The van der Waals surface area contributed by atoms with Gasteiger partial charge in [-0.25, -0.2) is 4.79 Å². The number of hydrogen-bond acceptors (Lipinski definition) is 6. The predicted octanol–water partition coefficient (Wildman–Crippen LogP) is 2.87. The Balaban J connectivity index is 1.46. The Morgan fingerprint density at radius 2 is 1.57 bits per heavy atom. The summed E-state index contributed by atoms with van der Waals surface area (Å²) in [5.41, 5.74) is 4.85. The van der Waals surface area contributed by atoms with Crippen molar-refractivity contribution in [3.63, 3.8) is 0 Å². The van der Waals surface area contributed by atoms with E-state index in [1.54, 1.807) is 48.5 Å². The van der Waals surface area contributed by atoms with E-state index in [0.717, 1.165) is 0 Å². The Labute approximate surface area is 172 Å². The number of carbonyl (C=O) groups excluding carboxylic acids is 3. The molecule has 1 atom stereocenters. The summed E-state index contributed by atoms with van der Waals surface area (Å²) in [5.74, 6) is -0.949. The molecule has 0 bridgehead atoms. The molecule has 0 saturated heterocycles. The zero-order valence-electron chi connectivity index (χ0n) is 16.2. The van der Waals surface area contributed by atoms with E-state index in [9.17, 15) is 14.4 Å². The third kappa shape index (κ3) is 5.71. The molecular weight excluding hydrogens is 388 g/mol. The van der Waals surface area contributed by atoms with Gasteiger partial charge in [0.1, 0.15) is 18.1 Å². The maximum Gasteiger partial charge on any atom is 0.375 e. The molecule has 3 aromatic rings. The molecule has 3 rings (SSSR count). The number of amides is 2. The Morgan fingerprint density at radius 1 is 0.900 bits per heavy atom. The molecule has 8 heteroatoms. The van der Waals surface area contributed by atoms with Gasteiger partial charge in [0.15, 0.2) is 6.10 Å². The maximum absolute atomic E-state index is 12.2. The van der Waals surface area contributed by atoms with Crippen LogP contribution in [0.4, 0.5) is 0 Å². The molecular formula is C22H20N2O6. The van der Waals surface area contributed by atoms with Crippen LogP contribution in [0.3, 0.4) is 0 Å². The number of furan rings is 1. The van der Waals surface area contributed by atoms with Crippen molar-refractivity contribution in [2.45, 2.75) is 19.6 Å². The van der Waals surface area contributed by atoms with Crippen LogP contribution in [0.5, 0.6) is 5.75 Å². The van der Waals surface area contributed by atoms with Gasteiger partial charge in [0.05, 0.1) is 0 Å². The van der Waals surface area contributed by atoms with E-state index in [2.05, 4.69) is 10.9 Å². The third-order valence-electron chi connectivity index (χ3n) is 3.98. The summed E-state index contributed by atoms with van der Waals surface area (Å²) in [4.78, 5) is 36.2. The van der Waals surface area contributed by atoms with Crippen molar-refractivity contribution in [2.24, 2.45) is 0 Å². The highest BCUT2D eigenvalue weighted by Gasteiger charge is 2.22. The average molecular weight is 408 g/mol. The van der Waals surface area contributed by atoms with Gasteiger partial charge < -0.3 is 13.9 Å². The first-order chi connectivity index (χ1) is 14.5. The molecule has 0 fully saturated rings. The molecule has 154 valence electrons. The molecule has 2 amide bonds. The largest absolute Gasteiger partial charge is 0.486 e. The van der Waals surface area contributed by atoms with Crippen molar-refractivity contribution in [3.05, 3.63) is 89.9 Å². The van der Waals surface area contributed by atoms with E-state index in [1.807, 2.05) is 18.2 Å². The minimum Gasteiger partial charge on any atom is -0.486 e. The molecule has 0 aliphatic rings. The summed E-state index contributed by atoms with van der Waals surface area (Å²) >= 11 is 0. The van der Waals surface area contributed by atoms with Crippen LogP contribution in [0.15, 0.2) is 77.2 Å². The van der Waals surface area contributed by atoms with E-state index < -0.39 is 23.9 Å². The molecule has 0 saturated carbocycles. The zero-order chi connectivity index (χ0) is 21.3. The molecule has 0 spiro atoms. The van der Waals surface area contributed by atoms with Crippen LogP contribution in [0.25, 0.3) is 0 Å². The predicted molar refractivity (Wildman–Crippen MR) is 106 cm³/mol. The Morgan fingerprint density at radius 3 is 2.27 bits per heavy atom. The normalized spacial score (nSPS) is 11.2. The van der Waals surface area contributed by atoms with Crippen molar-refractivity contribution in [3.8, 4) is 5.75 Å². The molecule has 8 nitrogen and oxygen atoms in total. The SMILES string of the molecule is C[C@H](OC(=O)c1ccc(COc2ccccc2)o1)C(=O)NNC(=O)c1ccccc1. The Bertz CT molecular complexity index is 1000. The second kappa shape index (κ2) is 9.92. The molecule has 0 radical (unpaired) electrons. The van der Waals surface area contributed by atoms with Crippen LogP contribution >= 0.6 is 0 Å². The van der Waals surface area contributed by atoms with Crippen molar-refractivity contribution < 1.29 is 28.3 Å². The third-order valence-corrected chi connectivity index (χ3v) is 3.98. The molecule has 30 heavy (non-hydrogen) atoms. The van der Waals surface area contributed by atoms with Gasteiger partial charge in [-0.1, -0.05) is 36.4 Å². The van der Waals surface area contributed by atoms with Gasteiger partial charge >= 0.3 is 5.97 Å². The van der Waals surface area contributed by atoms with Crippen LogP contribution in [-0.2, 0) is 16.1 Å². The number of esters is 1. The fourth-order valence-electron chi connectivity index (χ4n) is 2.39. The number of rotatable bonds is 7. The zero-order valence-corrected chi connectivity index (χ0v) is 16.2. The maximum atomic E-state index is 12.2. The van der Waals surface area contributed by atoms with E-state index >= 15 is 0 Å². The van der Waals surface area contributed by atoms with E-state index in [0.29, 0.717) is 17.1 Å². The van der Waals surface area contributed by atoms with Gasteiger partial charge in [-0.2, -0.15) is 0 Å². The lowest BCUT2D eigenvalue weighted by Gasteiger charge is -2.13. The quantitative estimate of drug-likeness (QED) is 0.460.